The number of alkyl halides is 3. The molecule has 0 bridgehead atoms. The van der Waals surface area contributed by atoms with Crippen LogP contribution in [-0.2, 0) is 43.1 Å². The lowest BCUT2D eigenvalue weighted by atomic mass is 9.95. The number of aromatic nitrogens is 1. The van der Waals surface area contributed by atoms with Crippen molar-refractivity contribution in [3.05, 3.63) is 105 Å². The highest BCUT2D eigenvalue weighted by atomic mass is 32.1. The second kappa shape index (κ2) is 10.2. The van der Waals surface area contributed by atoms with Crippen LogP contribution >= 0.6 is 12.2 Å². The number of ketones is 1. The molecule has 0 fully saturated rings. The summed E-state index contributed by atoms with van der Waals surface area (Å²) in [6, 6.07) is 13.7. The SMILES string of the molecule is CC(=O)C1=Cc2cc(CCc3cc(CC(=S)Cc4cccc(C(F)(F)F)c4)ccc3C)cnc2C1. The summed E-state index contributed by atoms with van der Waals surface area (Å²) in [6.45, 7) is 3.66. The van der Waals surface area contributed by atoms with Crippen molar-refractivity contribution in [2.45, 2.75) is 52.1 Å². The molecule has 0 radical (unpaired) electrons. The minimum atomic E-state index is -4.36. The molecule has 6 heteroatoms. The molecule has 2 nitrogen and oxygen atoms in total. The summed E-state index contributed by atoms with van der Waals surface area (Å²) in [5.74, 6) is 0.0861. The predicted octanol–water partition coefficient (Wildman–Crippen LogP) is 6.88. The maximum atomic E-state index is 13.0. The Morgan fingerprint density at radius 1 is 1.00 bits per heavy atom. The summed E-state index contributed by atoms with van der Waals surface area (Å²) in [6.07, 6.45) is 2.60. The molecular weight excluding hydrogens is 467 g/mol. The lowest BCUT2D eigenvalue weighted by molar-refractivity contribution is -0.137. The average Bonchev–Trinajstić information content (AvgIpc) is 3.23. The fourth-order valence-electron chi connectivity index (χ4n) is 4.37. The second-order valence-electron chi connectivity index (χ2n) is 9.13. The third kappa shape index (κ3) is 6.31. The van der Waals surface area contributed by atoms with Gasteiger partial charge in [0.2, 0.25) is 0 Å². The number of nitrogens with zero attached hydrogens (tertiary/aromatic N) is 1. The number of hydrogen-bond acceptors (Lipinski definition) is 3. The lowest BCUT2D eigenvalue weighted by Gasteiger charge is -2.12. The topological polar surface area (TPSA) is 30.0 Å². The van der Waals surface area contributed by atoms with Crippen LogP contribution in [0, 0.1) is 6.92 Å². The van der Waals surface area contributed by atoms with E-state index in [1.165, 1.54) is 23.3 Å². The molecule has 1 aliphatic carbocycles. The van der Waals surface area contributed by atoms with Gasteiger partial charge < -0.3 is 0 Å². The number of Topliss-reactive ketones (excluding diaryl/α,β-unsaturated/α-hetero) is 1. The molecule has 4 rings (SSSR count). The van der Waals surface area contributed by atoms with Crippen molar-refractivity contribution in [2.75, 3.05) is 0 Å². The highest BCUT2D eigenvalue weighted by molar-refractivity contribution is 7.80. The average molecular weight is 494 g/mol. The summed E-state index contributed by atoms with van der Waals surface area (Å²) in [4.78, 5) is 16.9. The molecular formula is C29H26F3NOS. The van der Waals surface area contributed by atoms with E-state index < -0.39 is 11.7 Å². The molecule has 0 N–H and O–H groups in total. The van der Waals surface area contributed by atoms with Gasteiger partial charge in [0.05, 0.1) is 11.3 Å². The van der Waals surface area contributed by atoms with Gasteiger partial charge in [-0.15, -0.1) is 0 Å². The lowest BCUT2D eigenvalue weighted by Crippen LogP contribution is -2.08. The van der Waals surface area contributed by atoms with Crippen molar-refractivity contribution in [3.63, 3.8) is 0 Å². The molecule has 0 saturated heterocycles. The molecule has 35 heavy (non-hydrogen) atoms. The summed E-state index contributed by atoms with van der Waals surface area (Å²) in [7, 11) is 0. The number of fused-ring (bicyclic) bond motifs is 1. The number of carbonyl (C=O) groups is 1. The first-order valence-electron chi connectivity index (χ1n) is 11.5. The molecule has 180 valence electrons. The maximum Gasteiger partial charge on any atom is 0.416 e. The van der Waals surface area contributed by atoms with E-state index in [1.807, 2.05) is 18.3 Å². The third-order valence-electron chi connectivity index (χ3n) is 6.35. The molecule has 1 aliphatic rings. The largest absolute Gasteiger partial charge is 0.416 e. The van der Waals surface area contributed by atoms with Crippen molar-refractivity contribution in [1.29, 1.82) is 0 Å². The van der Waals surface area contributed by atoms with Crippen LogP contribution in [-0.4, -0.2) is 15.6 Å². The molecule has 0 amide bonds. The summed E-state index contributed by atoms with van der Waals surface area (Å²) >= 11 is 5.53. The van der Waals surface area contributed by atoms with Gasteiger partial charge in [-0.25, -0.2) is 0 Å². The van der Waals surface area contributed by atoms with E-state index in [-0.39, 0.29) is 5.78 Å². The number of allylic oxidation sites excluding steroid dienone is 1. The van der Waals surface area contributed by atoms with E-state index in [0.717, 1.165) is 46.9 Å². The molecule has 2 aromatic carbocycles. The van der Waals surface area contributed by atoms with Crippen molar-refractivity contribution < 1.29 is 18.0 Å². The second-order valence-corrected chi connectivity index (χ2v) is 9.71. The van der Waals surface area contributed by atoms with Crippen LogP contribution in [0.1, 0.15) is 51.6 Å². The van der Waals surface area contributed by atoms with Crippen LogP contribution in [0.25, 0.3) is 6.08 Å². The molecule has 0 unspecified atom stereocenters. The fourth-order valence-corrected chi connectivity index (χ4v) is 4.70. The molecule has 3 aromatic rings. The summed E-state index contributed by atoms with van der Waals surface area (Å²) < 4.78 is 39.0. The molecule has 0 spiro atoms. The van der Waals surface area contributed by atoms with Gasteiger partial charge in [-0.05, 0) is 78.3 Å². The standard InChI is InChI=1S/C29H26F3NOS/c1-18-6-7-21(14-27(35)13-20-4-3-5-26(12-20)29(30,31)32)10-23(18)9-8-22-11-25-15-24(19(2)34)16-28(25)33-17-22/h3-7,10-12,15,17H,8-9,13-14,16H2,1-2H3. The number of rotatable bonds is 8. The highest BCUT2D eigenvalue weighted by Gasteiger charge is 2.30. The predicted molar refractivity (Wildman–Crippen MR) is 137 cm³/mol. The van der Waals surface area contributed by atoms with Crippen LogP contribution in [0.2, 0.25) is 0 Å². The monoisotopic (exact) mass is 493 g/mol. The van der Waals surface area contributed by atoms with Crippen LogP contribution < -0.4 is 0 Å². The zero-order chi connectivity index (χ0) is 25.2. The van der Waals surface area contributed by atoms with E-state index in [0.29, 0.717) is 29.7 Å². The summed E-state index contributed by atoms with van der Waals surface area (Å²) in [5.41, 5.74) is 7.28. The Balaban J connectivity index is 1.40. The Hall–Kier alpha value is -3.12. The van der Waals surface area contributed by atoms with Gasteiger partial charge >= 0.3 is 6.18 Å². The van der Waals surface area contributed by atoms with Gasteiger partial charge in [0.1, 0.15) is 0 Å². The normalized spacial score (nSPS) is 12.9. The van der Waals surface area contributed by atoms with E-state index in [4.69, 9.17) is 12.2 Å². The van der Waals surface area contributed by atoms with E-state index in [2.05, 4.69) is 30.1 Å². The Morgan fingerprint density at radius 2 is 1.74 bits per heavy atom. The fraction of sp³-hybridized carbons (Fsp3) is 0.276. The van der Waals surface area contributed by atoms with E-state index in [9.17, 15) is 18.0 Å². The van der Waals surface area contributed by atoms with Crippen molar-refractivity contribution in [3.8, 4) is 0 Å². The van der Waals surface area contributed by atoms with Crippen LogP contribution in [0.5, 0.6) is 0 Å². The number of benzene rings is 2. The van der Waals surface area contributed by atoms with Gasteiger partial charge in [0.15, 0.2) is 5.78 Å². The van der Waals surface area contributed by atoms with E-state index >= 15 is 0 Å². The number of pyridine rings is 1. The van der Waals surface area contributed by atoms with Gasteiger partial charge in [0.25, 0.3) is 0 Å². The van der Waals surface area contributed by atoms with Crippen molar-refractivity contribution >= 4 is 28.9 Å². The Kier molecular flexibility index (Phi) is 7.31. The van der Waals surface area contributed by atoms with Crippen LogP contribution in [0.3, 0.4) is 0 Å². The quantitative estimate of drug-likeness (QED) is 0.321. The molecule has 0 aliphatic heterocycles. The van der Waals surface area contributed by atoms with E-state index in [1.54, 1.807) is 13.0 Å². The molecule has 1 heterocycles. The van der Waals surface area contributed by atoms with Crippen LogP contribution in [0.4, 0.5) is 13.2 Å². The van der Waals surface area contributed by atoms with Gasteiger partial charge in [-0.1, -0.05) is 48.6 Å². The zero-order valence-corrected chi connectivity index (χ0v) is 20.5. The molecule has 1 aromatic heterocycles. The first-order chi connectivity index (χ1) is 16.6. The summed E-state index contributed by atoms with van der Waals surface area (Å²) in [5, 5.41) is 0. The first-order valence-corrected chi connectivity index (χ1v) is 11.9. The third-order valence-corrected chi connectivity index (χ3v) is 6.64. The number of hydrogen-bond donors (Lipinski definition) is 0. The first kappa shape index (κ1) is 25.0. The Morgan fingerprint density at radius 3 is 2.46 bits per heavy atom. The number of halogens is 3. The molecule has 0 atom stereocenters. The van der Waals surface area contributed by atoms with Crippen molar-refractivity contribution in [2.24, 2.45) is 0 Å². The minimum Gasteiger partial charge on any atom is -0.295 e. The smallest absolute Gasteiger partial charge is 0.295 e. The van der Waals surface area contributed by atoms with Gasteiger partial charge in [0, 0.05) is 35.9 Å². The van der Waals surface area contributed by atoms with Crippen LogP contribution in [0.15, 0.2) is 60.3 Å². The molecule has 0 saturated carbocycles. The number of aryl methyl sites for hydroxylation is 3. The number of carbonyl (C=O) groups excluding carboxylic acids is 1. The zero-order valence-electron chi connectivity index (χ0n) is 19.7. The number of thiocarbonyl (C=S) groups is 1. The Bertz CT molecular complexity index is 1320. The van der Waals surface area contributed by atoms with Gasteiger partial charge in [-0.2, -0.15) is 13.2 Å². The van der Waals surface area contributed by atoms with Crippen molar-refractivity contribution in [1.82, 2.24) is 4.98 Å². The highest BCUT2D eigenvalue weighted by Crippen LogP contribution is 2.30. The van der Waals surface area contributed by atoms with Gasteiger partial charge in [-0.3, -0.25) is 9.78 Å². The minimum absolute atomic E-state index is 0.0861. The maximum absolute atomic E-state index is 13.0. The Labute approximate surface area is 208 Å².